The molecule has 3 heteroatoms. The molecule has 0 N–H and O–H groups in total. The lowest BCUT2D eigenvalue weighted by Gasteiger charge is -2.33. The van der Waals surface area contributed by atoms with Gasteiger partial charge >= 0.3 is 6.09 Å². The Hall–Kier alpha value is -1.69. The third kappa shape index (κ3) is 4.45. The zero-order valence-electron chi connectivity index (χ0n) is 12.6. The van der Waals surface area contributed by atoms with Gasteiger partial charge in [-0.05, 0) is 69.7 Å². The highest BCUT2D eigenvalue weighted by atomic mass is 16.6. The van der Waals surface area contributed by atoms with Crippen molar-refractivity contribution in [3.05, 3.63) is 35.9 Å². The van der Waals surface area contributed by atoms with Crippen molar-refractivity contribution in [1.29, 1.82) is 0 Å². The molecule has 1 heterocycles. The Balaban J connectivity index is 1.79. The van der Waals surface area contributed by atoms with Crippen molar-refractivity contribution in [2.45, 2.75) is 45.6 Å². The first-order valence-corrected chi connectivity index (χ1v) is 7.28. The maximum absolute atomic E-state index is 12.0. The lowest BCUT2D eigenvalue weighted by molar-refractivity contribution is 0.0184. The smallest absolute Gasteiger partial charge is 0.410 e. The van der Waals surface area contributed by atoms with Crippen LogP contribution in [0.4, 0.5) is 4.79 Å². The van der Waals surface area contributed by atoms with Gasteiger partial charge in [0, 0.05) is 13.1 Å². The molecule has 2 rings (SSSR count). The van der Waals surface area contributed by atoms with Crippen molar-refractivity contribution >= 4 is 6.09 Å². The van der Waals surface area contributed by atoms with Crippen LogP contribution in [0.15, 0.2) is 18.2 Å². The van der Waals surface area contributed by atoms with Gasteiger partial charge in [-0.1, -0.05) is 12.1 Å². The number of carbonyl (C=O) groups excluding carboxylic acids is 1. The lowest BCUT2D eigenvalue weighted by Crippen LogP contribution is -2.42. The molecule has 1 aromatic carbocycles. The predicted molar refractivity (Wildman–Crippen MR) is 78.3 cm³/mol. The third-order valence-electron chi connectivity index (χ3n) is 3.51. The Morgan fingerprint density at radius 2 is 2.05 bits per heavy atom. The molecular weight excluding hydrogens is 250 g/mol. The fourth-order valence-corrected chi connectivity index (χ4v) is 2.49. The molecule has 0 bridgehead atoms. The molecular formula is C17H23NO2. The van der Waals surface area contributed by atoms with E-state index in [-0.39, 0.29) is 6.09 Å². The Labute approximate surface area is 121 Å². The molecule has 0 aromatic heterocycles. The van der Waals surface area contributed by atoms with E-state index < -0.39 is 5.60 Å². The van der Waals surface area contributed by atoms with Gasteiger partial charge in [-0.15, -0.1) is 0 Å². The van der Waals surface area contributed by atoms with Crippen LogP contribution in [0.5, 0.6) is 0 Å². The second-order valence-corrected chi connectivity index (χ2v) is 6.46. The largest absolute Gasteiger partial charge is 0.444 e. The average molecular weight is 273 g/mol. The fourth-order valence-electron chi connectivity index (χ4n) is 2.49. The summed E-state index contributed by atoms with van der Waals surface area (Å²) in [4.78, 5) is 13.8. The van der Waals surface area contributed by atoms with E-state index in [0.717, 1.165) is 32.4 Å². The van der Waals surface area contributed by atoms with E-state index in [2.05, 4.69) is 18.2 Å². The zero-order chi connectivity index (χ0) is 14.6. The minimum Gasteiger partial charge on any atom is -0.444 e. The quantitative estimate of drug-likeness (QED) is 0.825. The summed E-state index contributed by atoms with van der Waals surface area (Å²) in [5.41, 5.74) is 0.893. The van der Waals surface area contributed by atoms with Gasteiger partial charge in [-0.3, -0.25) is 0 Å². The molecule has 108 valence electrons. The number of hydrogen-bond donors (Lipinski definition) is 0. The summed E-state index contributed by atoms with van der Waals surface area (Å²) < 4.78 is 5.41. The molecule has 1 saturated heterocycles. The lowest BCUT2D eigenvalue weighted by atomic mass is 9.90. The second-order valence-electron chi connectivity index (χ2n) is 6.46. The van der Waals surface area contributed by atoms with Gasteiger partial charge < -0.3 is 9.64 Å². The molecule has 1 aromatic rings. The number of nitrogens with zero attached hydrogens (tertiary/aromatic N) is 1. The number of likely N-dealkylation sites (tertiary alicyclic amines) is 1. The van der Waals surface area contributed by atoms with Crippen molar-refractivity contribution in [3.8, 4) is 0 Å². The fraction of sp³-hybridized carbons (Fsp3) is 0.588. The van der Waals surface area contributed by atoms with Gasteiger partial charge in [-0.2, -0.15) is 0 Å². The summed E-state index contributed by atoms with van der Waals surface area (Å²) >= 11 is 0. The van der Waals surface area contributed by atoms with Crippen LogP contribution in [-0.4, -0.2) is 29.7 Å². The predicted octanol–water partition coefficient (Wildman–Crippen LogP) is 3.48. The summed E-state index contributed by atoms with van der Waals surface area (Å²) in [6.45, 7) is 7.30. The van der Waals surface area contributed by atoms with E-state index >= 15 is 0 Å². The van der Waals surface area contributed by atoms with Crippen LogP contribution < -0.4 is 0 Å². The topological polar surface area (TPSA) is 29.5 Å². The van der Waals surface area contributed by atoms with Crippen molar-refractivity contribution in [2.75, 3.05) is 13.1 Å². The Bertz CT molecular complexity index is 428. The minimum absolute atomic E-state index is 0.182. The van der Waals surface area contributed by atoms with Crippen molar-refractivity contribution in [2.24, 2.45) is 5.92 Å². The van der Waals surface area contributed by atoms with Crippen LogP contribution in [0.25, 0.3) is 0 Å². The molecule has 0 radical (unpaired) electrons. The maximum atomic E-state index is 12.0. The SMILES string of the molecule is CC(C)(C)OC(=O)N1CCC(Cc2cc#ccc2)CC1. The summed E-state index contributed by atoms with van der Waals surface area (Å²) in [6, 6.07) is 11.9. The van der Waals surface area contributed by atoms with Gasteiger partial charge in [0.25, 0.3) is 0 Å². The van der Waals surface area contributed by atoms with Gasteiger partial charge in [0.1, 0.15) is 5.60 Å². The highest BCUT2D eigenvalue weighted by molar-refractivity contribution is 5.68. The van der Waals surface area contributed by atoms with Crippen LogP contribution in [0, 0.1) is 18.1 Å². The highest BCUT2D eigenvalue weighted by Crippen LogP contribution is 2.22. The molecule has 0 aliphatic carbocycles. The molecule has 0 unspecified atom stereocenters. The molecule has 0 atom stereocenters. The number of amides is 1. The summed E-state index contributed by atoms with van der Waals surface area (Å²) in [7, 11) is 0. The van der Waals surface area contributed by atoms with E-state index in [1.165, 1.54) is 5.56 Å². The summed E-state index contributed by atoms with van der Waals surface area (Å²) in [5, 5.41) is 0. The third-order valence-corrected chi connectivity index (χ3v) is 3.51. The number of rotatable bonds is 2. The van der Waals surface area contributed by atoms with Crippen LogP contribution in [-0.2, 0) is 11.2 Å². The van der Waals surface area contributed by atoms with Crippen LogP contribution in [0.2, 0.25) is 0 Å². The Kier molecular flexibility index (Phi) is 4.54. The number of hydrogen-bond acceptors (Lipinski definition) is 2. The molecule has 1 aliphatic heterocycles. The summed E-state index contributed by atoms with van der Waals surface area (Å²) in [5.74, 6) is 0.643. The first-order chi connectivity index (χ1) is 9.44. The van der Waals surface area contributed by atoms with Crippen LogP contribution in [0.1, 0.15) is 39.2 Å². The normalized spacial score (nSPS) is 16.6. The molecule has 0 saturated carbocycles. The van der Waals surface area contributed by atoms with Crippen LogP contribution in [0.3, 0.4) is 0 Å². The first kappa shape index (κ1) is 14.7. The molecule has 1 amide bonds. The van der Waals surface area contributed by atoms with E-state index in [9.17, 15) is 4.79 Å². The second kappa shape index (κ2) is 6.17. The van der Waals surface area contributed by atoms with Gasteiger partial charge in [0.2, 0.25) is 0 Å². The zero-order valence-corrected chi connectivity index (χ0v) is 12.6. The molecule has 0 spiro atoms. The van der Waals surface area contributed by atoms with Crippen LogP contribution >= 0.6 is 0 Å². The molecule has 20 heavy (non-hydrogen) atoms. The van der Waals surface area contributed by atoms with Gasteiger partial charge in [0.05, 0.1) is 0 Å². The first-order valence-electron chi connectivity index (χ1n) is 7.28. The highest BCUT2D eigenvalue weighted by Gasteiger charge is 2.26. The number of piperidine rings is 1. The van der Waals surface area contributed by atoms with Crippen molar-refractivity contribution in [1.82, 2.24) is 4.90 Å². The Morgan fingerprint density at radius 1 is 1.35 bits per heavy atom. The molecule has 3 nitrogen and oxygen atoms in total. The monoisotopic (exact) mass is 273 g/mol. The van der Waals surface area contributed by atoms with Crippen molar-refractivity contribution < 1.29 is 9.53 Å². The summed E-state index contributed by atoms with van der Waals surface area (Å²) in [6.07, 6.45) is 2.96. The van der Waals surface area contributed by atoms with E-state index in [1.54, 1.807) is 0 Å². The molecule has 1 aliphatic rings. The maximum Gasteiger partial charge on any atom is 0.410 e. The van der Waals surface area contributed by atoms with Gasteiger partial charge in [0.15, 0.2) is 0 Å². The minimum atomic E-state index is -0.412. The number of carbonyl (C=O) groups is 1. The standard InChI is InChI=1S/C17H23NO2/c1-17(2,3)20-16(19)18-11-9-15(10-12-18)13-14-7-5-4-6-8-14/h5,7-8,15H,9-13H2,1-3H3. The van der Waals surface area contributed by atoms with E-state index in [4.69, 9.17) is 4.74 Å². The Morgan fingerprint density at radius 3 is 2.60 bits per heavy atom. The van der Waals surface area contributed by atoms with Gasteiger partial charge in [-0.25, -0.2) is 4.79 Å². The van der Waals surface area contributed by atoms with E-state index in [0.29, 0.717) is 5.92 Å². The number of ether oxygens (including phenoxy) is 1. The average Bonchev–Trinajstić information content (AvgIpc) is 2.39. The molecule has 1 fully saturated rings. The van der Waals surface area contributed by atoms with Crippen molar-refractivity contribution in [3.63, 3.8) is 0 Å². The van der Waals surface area contributed by atoms with E-state index in [1.807, 2.05) is 37.8 Å².